The molecule has 2 aromatic rings. The Morgan fingerprint density at radius 1 is 1.07 bits per heavy atom. The van der Waals surface area contributed by atoms with E-state index in [1.807, 2.05) is 6.92 Å². The van der Waals surface area contributed by atoms with Crippen molar-refractivity contribution in [1.29, 1.82) is 0 Å². The zero-order valence-electron chi connectivity index (χ0n) is 9.26. The topological polar surface area (TPSA) is 12.9 Å². The summed E-state index contributed by atoms with van der Waals surface area (Å²) in [7, 11) is 0. The number of benzene rings is 1. The summed E-state index contributed by atoms with van der Waals surface area (Å²) in [4.78, 5) is 4.57. The van der Waals surface area contributed by atoms with Crippen molar-refractivity contribution < 1.29 is 0 Å². The van der Waals surface area contributed by atoms with Crippen LogP contribution in [0.4, 0.5) is 0 Å². The van der Waals surface area contributed by atoms with Crippen molar-refractivity contribution in [3.63, 3.8) is 0 Å². The summed E-state index contributed by atoms with van der Waals surface area (Å²) in [6.07, 6.45) is 0. The molecule has 0 atom stereocenters. The Morgan fingerprint density at radius 3 is 2.40 bits per heavy atom. The fraction of sp³-hybridized carbons (Fsp3) is 0.308. The molecule has 1 aromatic heterocycles. The lowest BCUT2D eigenvalue weighted by Crippen LogP contribution is -1.92. The molecule has 1 heterocycles. The molecule has 0 fully saturated rings. The van der Waals surface area contributed by atoms with E-state index in [0.29, 0.717) is 0 Å². The molecule has 0 unspecified atom stereocenters. The number of nitrogens with zero attached hydrogens (tertiary/aromatic N) is 1. The summed E-state index contributed by atoms with van der Waals surface area (Å²) in [5.41, 5.74) is 6.14. The minimum atomic E-state index is 0.884. The van der Waals surface area contributed by atoms with E-state index in [2.05, 4.69) is 53.0 Å². The summed E-state index contributed by atoms with van der Waals surface area (Å²) < 4.78 is 0. The Kier molecular flexibility index (Phi) is 2.79. The average molecular weight is 264 g/mol. The van der Waals surface area contributed by atoms with Crippen LogP contribution in [0.5, 0.6) is 0 Å². The lowest BCUT2D eigenvalue weighted by molar-refractivity contribution is 1.22. The fourth-order valence-corrected chi connectivity index (χ4v) is 2.28. The van der Waals surface area contributed by atoms with Gasteiger partial charge >= 0.3 is 0 Å². The Bertz CT molecular complexity index is 517. The first kappa shape index (κ1) is 10.6. The second-order valence-electron chi connectivity index (χ2n) is 4.01. The number of hydrogen-bond donors (Lipinski definition) is 0. The van der Waals surface area contributed by atoms with Gasteiger partial charge in [0.25, 0.3) is 0 Å². The average Bonchev–Trinajstić information content (AvgIpc) is 2.19. The largest absolute Gasteiger partial charge is 0.253 e. The molecular formula is C13H14BrN. The Hall–Kier alpha value is -0.890. The normalized spacial score (nSPS) is 10.9. The van der Waals surface area contributed by atoms with Crippen LogP contribution in [0.2, 0.25) is 0 Å². The molecule has 0 aliphatic carbocycles. The summed E-state index contributed by atoms with van der Waals surface area (Å²) in [6, 6.07) is 6.55. The first-order valence-electron chi connectivity index (χ1n) is 5.05. The van der Waals surface area contributed by atoms with Gasteiger partial charge in [-0.1, -0.05) is 15.9 Å². The number of alkyl halides is 1. The van der Waals surface area contributed by atoms with Gasteiger partial charge in [-0.05, 0) is 55.7 Å². The maximum atomic E-state index is 4.57. The molecule has 0 N–H and O–H groups in total. The number of rotatable bonds is 1. The highest BCUT2D eigenvalue weighted by Crippen LogP contribution is 2.23. The summed E-state index contributed by atoms with van der Waals surface area (Å²) >= 11 is 3.53. The highest BCUT2D eigenvalue weighted by atomic mass is 79.9. The van der Waals surface area contributed by atoms with E-state index in [4.69, 9.17) is 0 Å². The van der Waals surface area contributed by atoms with E-state index in [9.17, 15) is 0 Å². The lowest BCUT2D eigenvalue weighted by Gasteiger charge is -2.08. The van der Waals surface area contributed by atoms with Crippen LogP contribution in [0.25, 0.3) is 10.9 Å². The Morgan fingerprint density at radius 2 is 1.73 bits per heavy atom. The van der Waals surface area contributed by atoms with Gasteiger partial charge in [-0.15, -0.1) is 0 Å². The van der Waals surface area contributed by atoms with Gasteiger partial charge < -0.3 is 0 Å². The number of aryl methyl sites for hydroxylation is 3. The summed E-state index contributed by atoms with van der Waals surface area (Å²) in [5.74, 6) is 0. The van der Waals surface area contributed by atoms with Gasteiger partial charge in [-0.3, -0.25) is 4.98 Å². The highest BCUT2D eigenvalue weighted by molar-refractivity contribution is 9.08. The molecule has 2 rings (SSSR count). The molecule has 0 saturated heterocycles. The van der Waals surface area contributed by atoms with Gasteiger partial charge in [-0.25, -0.2) is 0 Å². The van der Waals surface area contributed by atoms with Crippen LogP contribution in [0.15, 0.2) is 18.2 Å². The molecule has 1 nitrogen and oxygen atoms in total. The Labute approximate surface area is 98.7 Å². The number of aromatic nitrogens is 1. The molecule has 0 radical (unpaired) electrons. The maximum Gasteiger partial charge on any atom is 0.0711 e. The van der Waals surface area contributed by atoms with Gasteiger partial charge in [0.15, 0.2) is 0 Å². The predicted octanol–water partition coefficient (Wildman–Crippen LogP) is 4.05. The lowest BCUT2D eigenvalue weighted by atomic mass is 10.0. The molecule has 2 heteroatoms. The zero-order chi connectivity index (χ0) is 11.0. The van der Waals surface area contributed by atoms with Crippen LogP contribution in [0, 0.1) is 20.8 Å². The van der Waals surface area contributed by atoms with Crippen molar-refractivity contribution in [2.75, 3.05) is 0 Å². The van der Waals surface area contributed by atoms with E-state index < -0.39 is 0 Å². The molecule has 0 aliphatic heterocycles. The van der Waals surface area contributed by atoms with Crippen LogP contribution < -0.4 is 0 Å². The van der Waals surface area contributed by atoms with Crippen molar-refractivity contribution in [2.45, 2.75) is 26.1 Å². The number of fused-ring (bicyclic) bond motifs is 1. The fourth-order valence-electron chi connectivity index (χ4n) is 1.81. The predicted molar refractivity (Wildman–Crippen MR) is 68.6 cm³/mol. The van der Waals surface area contributed by atoms with E-state index in [-0.39, 0.29) is 0 Å². The maximum absolute atomic E-state index is 4.57. The third kappa shape index (κ3) is 1.91. The number of hydrogen-bond acceptors (Lipinski definition) is 1. The minimum absolute atomic E-state index is 0.884. The zero-order valence-corrected chi connectivity index (χ0v) is 10.9. The van der Waals surface area contributed by atoms with Gasteiger partial charge in [-0.2, -0.15) is 0 Å². The third-order valence-electron chi connectivity index (χ3n) is 2.78. The van der Waals surface area contributed by atoms with Gasteiger partial charge in [0.1, 0.15) is 0 Å². The van der Waals surface area contributed by atoms with E-state index in [0.717, 1.165) is 16.5 Å². The first-order valence-corrected chi connectivity index (χ1v) is 6.17. The molecule has 0 aliphatic rings. The highest BCUT2D eigenvalue weighted by Gasteiger charge is 2.04. The molecular weight excluding hydrogens is 250 g/mol. The van der Waals surface area contributed by atoms with E-state index in [1.54, 1.807) is 0 Å². The quantitative estimate of drug-likeness (QED) is 0.708. The van der Waals surface area contributed by atoms with Crippen LogP contribution in [0.1, 0.15) is 22.4 Å². The molecule has 0 saturated carbocycles. The van der Waals surface area contributed by atoms with Crippen molar-refractivity contribution in [1.82, 2.24) is 4.98 Å². The second-order valence-corrected chi connectivity index (χ2v) is 4.57. The minimum Gasteiger partial charge on any atom is -0.253 e. The van der Waals surface area contributed by atoms with Crippen molar-refractivity contribution in [2.24, 2.45) is 0 Å². The van der Waals surface area contributed by atoms with Crippen LogP contribution >= 0.6 is 15.9 Å². The van der Waals surface area contributed by atoms with Crippen molar-refractivity contribution in [3.8, 4) is 0 Å². The molecule has 1 aromatic carbocycles. The smallest absolute Gasteiger partial charge is 0.0711 e. The van der Waals surface area contributed by atoms with E-state index >= 15 is 0 Å². The number of halogens is 1. The van der Waals surface area contributed by atoms with Gasteiger partial charge in [0.05, 0.1) is 5.52 Å². The Balaban J connectivity index is 2.84. The summed E-state index contributed by atoms with van der Waals surface area (Å²) in [6.45, 7) is 6.32. The second kappa shape index (κ2) is 3.93. The molecule has 0 spiro atoms. The van der Waals surface area contributed by atoms with Crippen LogP contribution in [-0.4, -0.2) is 4.98 Å². The van der Waals surface area contributed by atoms with Crippen LogP contribution in [0.3, 0.4) is 0 Å². The van der Waals surface area contributed by atoms with Crippen LogP contribution in [-0.2, 0) is 5.33 Å². The van der Waals surface area contributed by atoms with E-state index in [1.165, 1.54) is 22.1 Å². The number of pyridine rings is 1. The molecule has 0 amide bonds. The SMILES string of the molecule is Cc1cc(CBr)c2cc(C)c(C)cc2n1. The van der Waals surface area contributed by atoms with Crippen molar-refractivity contribution in [3.05, 3.63) is 40.6 Å². The molecule has 0 bridgehead atoms. The molecule has 15 heavy (non-hydrogen) atoms. The standard InChI is InChI=1S/C13H14BrN/c1-8-4-12-11(7-14)6-10(3)15-13(12)5-9(8)2/h4-6H,7H2,1-3H3. The third-order valence-corrected chi connectivity index (χ3v) is 3.39. The molecule has 78 valence electrons. The first-order chi connectivity index (χ1) is 7.11. The van der Waals surface area contributed by atoms with Gasteiger partial charge in [0.2, 0.25) is 0 Å². The summed E-state index contributed by atoms with van der Waals surface area (Å²) in [5, 5.41) is 2.15. The van der Waals surface area contributed by atoms with Gasteiger partial charge in [0, 0.05) is 16.4 Å². The van der Waals surface area contributed by atoms with Crippen molar-refractivity contribution >= 4 is 26.8 Å². The monoisotopic (exact) mass is 263 g/mol.